The van der Waals surface area contributed by atoms with Gasteiger partial charge in [0.1, 0.15) is 11.6 Å². The van der Waals surface area contributed by atoms with Crippen LogP contribution in [0.4, 0.5) is 20.2 Å². The van der Waals surface area contributed by atoms with Crippen molar-refractivity contribution < 1.29 is 18.4 Å². The lowest BCUT2D eigenvalue weighted by Crippen LogP contribution is -2.47. The summed E-state index contributed by atoms with van der Waals surface area (Å²) >= 11 is 0. The maximum absolute atomic E-state index is 13.8. The third-order valence-corrected chi connectivity index (χ3v) is 15.9. The van der Waals surface area contributed by atoms with Crippen LogP contribution in [0.3, 0.4) is 0 Å². The molecular weight excluding hydrogens is 1030 g/mol. The molecule has 12 rings (SSSR count). The molecule has 4 fully saturated rings. The minimum absolute atomic E-state index is 0.0146. The molecule has 13 nitrogen and oxygen atoms in total. The Balaban J connectivity index is 0.000000187. The van der Waals surface area contributed by atoms with Crippen LogP contribution < -0.4 is 5.32 Å². The van der Waals surface area contributed by atoms with E-state index < -0.39 is 0 Å². The average molecular weight is 1110 g/mol. The smallest absolute Gasteiger partial charge is 0.254 e. The topological polar surface area (TPSA) is 107 Å². The van der Waals surface area contributed by atoms with Gasteiger partial charge in [0.25, 0.3) is 11.8 Å². The molecular formula is C67H81F2N11O2. The van der Waals surface area contributed by atoms with E-state index in [1.807, 2.05) is 73.9 Å². The first-order chi connectivity index (χ1) is 40.0. The minimum Gasteiger partial charge on any atom is -0.371 e. The summed E-state index contributed by atoms with van der Waals surface area (Å²) in [6.45, 7) is 22.7. The number of carbonyl (C=O) groups excluding carboxylic acids is 2. The molecule has 4 saturated heterocycles. The third-order valence-electron chi connectivity index (χ3n) is 15.9. The van der Waals surface area contributed by atoms with Crippen LogP contribution in [0.25, 0.3) is 33.5 Å². The van der Waals surface area contributed by atoms with Crippen LogP contribution in [-0.4, -0.2) is 175 Å². The molecule has 1 N–H and O–H groups in total. The molecule has 5 aliphatic rings. The molecule has 6 heterocycles. The molecule has 430 valence electrons. The van der Waals surface area contributed by atoms with Gasteiger partial charge in [-0.3, -0.25) is 19.4 Å². The fourth-order valence-corrected chi connectivity index (χ4v) is 11.1. The van der Waals surface area contributed by atoms with Gasteiger partial charge in [-0.15, -0.1) is 0 Å². The number of anilines is 1. The number of halogens is 2. The van der Waals surface area contributed by atoms with Crippen LogP contribution in [0.15, 0.2) is 138 Å². The molecule has 2 amide bonds. The van der Waals surface area contributed by atoms with Gasteiger partial charge in [0.15, 0.2) is 0 Å². The predicted octanol–water partition coefficient (Wildman–Crippen LogP) is 11.4. The van der Waals surface area contributed by atoms with E-state index >= 15 is 0 Å². The Labute approximate surface area is 484 Å². The lowest BCUT2D eigenvalue weighted by atomic mass is 9.93. The Kier molecular flexibility index (Phi) is 20.4. The number of aromatic nitrogens is 2. The van der Waals surface area contributed by atoms with E-state index in [0.717, 1.165) is 142 Å². The van der Waals surface area contributed by atoms with Crippen molar-refractivity contribution in [1.82, 2.24) is 44.3 Å². The zero-order valence-corrected chi connectivity index (χ0v) is 49.1. The number of amides is 2. The summed E-state index contributed by atoms with van der Waals surface area (Å²) in [5.41, 5.74) is 12.8. The first-order valence-electron chi connectivity index (χ1n) is 29.6. The summed E-state index contributed by atoms with van der Waals surface area (Å²) < 4.78 is 27.6. The maximum atomic E-state index is 13.8. The highest BCUT2D eigenvalue weighted by atomic mass is 19.1. The van der Waals surface area contributed by atoms with Crippen LogP contribution in [0, 0.1) is 11.6 Å². The summed E-state index contributed by atoms with van der Waals surface area (Å²) in [7, 11) is 6.32. The van der Waals surface area contributed by atoms with Crippen molar-refractivity contribution in [3.05, 3.63) is 178 Å². The molecule has 1 unspecified atom stereocenters. The maximum Gasteiger partial charge on any atom is 0.254 e. The SMILES string of the molecule is CC.CC.CN1CCN(C(=O)c2ccc3c(c2)NC(c2ccc(F)cc2)C(c2cccc(CN4CCCC4)c2)=N3)CC1.CN1CCN(Cc2cccc(-c3nc4ccc(C(=O)N5CCN(C)CC5)cc4nc3-c3ccc(F)cc3)c2)CC1. The lowest BCUT2D eigenvalue weighted by molar-refractivity contribution is 0.0657. The highest BCUT2D eigenvalue weighted by Gasteiger charge is 2.29. The summed E-state index contributed by atoms with van der Waals surface area (Å²) in [4.78, 5) is 57.3. The zero-order chi connectivity index (χ0) is 57.7. The summed E-state index contributed by atoms with van der Waals surface area (Å²) in [6.07, 6.45) is 2.53. The van der Waals surface area contributed by atoms with E-state index in [2.05, 4.69) is 99.5 Å². The van der Waals surface area contributed by atoms with Gasteiger partial charge in [-0.2, -0.15) is 0 Å². The number of likely N-dealkylation sites (tertiary alicyclic amines) is 1. The molecule has 15 heteroatoms. The van der Waals surface area contributed by atoms with E-state index in [1.165, 1.54) is 48.2 Å². The number of hydrogen-bond donors (Lipinski definition) is 1. The van der Waals surface area contributed by atoms with Crippen LogP contribution in [0.5, 0.6) is 0 Å². The summed E-state index contributed by atoms with van der Waals surface area (Å²) in [5.74, 6) is -0.504. The number of likely N-dealkylation sites (N-methyl/N-ethyl adjacent to an activating group) is 3. The van der Waals surface area contributed by atoms with Crippen molar-refractivity contribution in [2.75, 3.05) is 118 Å². The molecule has 0 radical (unpaired) electrons. The Morgan fingerprint density at radius 2 is 0.963 bits per heavy atom. The second-order valence-corrected chi connectivity index (χ2v) is 21.6. The fraction of sp³-hybridized carbons (Fsp3) is 0.388. The molecule has 1 aromatic heterocycles. The van der Waals surface area contributed by atoms with E-state index in [-0.39, 0.29) is 29.5 Å². The van der Waals surface area contributed by atoms with Crippen molar-refractivity contribution in [2.45, 2.75) is 59.7 Å². The summed E-state index contributed by atoms with van der Waals surface area (Å²) in [5, 5.41) is 3.64. The van der Waals surface area contributed by atoms with Gasteiger partial charge in [-0.25, -0.2) is 23.7 Å². The van der Waals surface area contributed by atoms with Crippen molar-refractivity contribution in [3.8, 4) is 22.5 Å². The van der Waals surface area contributed by atoms with E-state index in [0.29, 0.717) is 35.4 Å². The summed E-state index contributed by atoms with van der Waals surface area (Å²) in [6, 6.07) is 41.1. The molecule has 0 saturated carbocycles. The zero-order valence-electron chi connectivity index (χ0n) is 49.1. The quantitative estimate of drug-likeness (QED) is 0.142. The van der Waals surface area contributed by atoms with Gasteiger partial charge in [-0.1, -0.05) is 76.2 Å². The standard InChI is InChI=1S/C32H35FN6O.C31H34FN5O.2C2H6/c1-36-12-16-38(17-13-36)22-23-4-3-5-25(20-23)31-30(24-6-9-27(33)10-7-24)35-29-21-26(8-11-28(29)34-31)32(40)39-18-14-37(2)15-19-39;1-35-15-17-37(18-16-35)31(38)25-9-12-27-28(20-25)34-29(23-7-10-26(32)11-8-23)30(33-27)24-6-4-5-22(19-24)21-36-13-2-3-14-36;2*1-2/h3-11,20-21H,12-19,22H2,1-2H3;4-12,19-20,29,34H,2-3,13-18,21H2,1H3;2*1-2H3. The highest BCUT2D eigenvalue weighted by Crippen LogP contribution is 2.39. The number of fused-ring (bicyclic) bond motifs is 2. The molecule has 82 heavy (non-hydrogen) atoms. The molecule has 0 spiro atoms. The van der Waals surface area contributed by atoms with Crippen LogP contribution >= 0.6 is 0 Å². The predicted molar refractivity (Wildman–Crippen MR) is 329 cm³/mol. The molecule has 0 bridgehead atoms. The van der Waals surface area contributed by atoms with E-state index in [4.69, 9.17) is 15.0 Å². The second-order valence-electron chi connectivity index (χ2n) is 21.6. The van der Waals surface area contributed by atoms with Gasteiger partial charge in [0, 0.05) is 114 Å². The highest BCUT2D eigenvalue weighted by molar-refractivity contribution is 6.10. The molecule has 0 aliphatic carbocycles. The number of aliphatic imine (C=N–C) groups is 1. The number of nitrogens with zero attached hydrogens (tertiary/aromatic N) is 10. The fourth-order valence-electron chi connectivity index (χ4n) is 11.1. The Morgan fingerprint density at radius 1 is 0.488 bits per heavy atom. The first kappa shape index (κ1) is 59.4. The first-order valence-corrected chi connectivity index (χ1v) is 29.6. The average Bonchev–Trinajstić information content (AvgIpc) is 4.17. The van der Waals surface area contributed by atoms with Crippen molar-refractivity contribution in [1.29, 1.82) is 0 Å². The number of piperazine rings is 3. The largest absolute Gasteiger partial charge is 0.371 e. The Bertz CT molecular complexity index is 3290. The second kappa shape index (κ2) is 28.1. The van der Waals surface area contributed by atoms with Gasteiger partial charge >= 0.3 is 0 Å². The number of carbonyl (C=O) groups is 2. The lowest BCUT2D eigenvalue weighted by Gasteiger charge is -2.33. The van der Waals surface area contributed by atoms with Gasteiger partial charge < -0.3 is 29.8 Å². The number of benzene rings is 6. The van der Waals surface area contributed by atoms with Crippen LogP contribution in [0.1, 0.15) is 89.5 Å². The van der Waals surface area contributed by atoms with Gasteiger partial charge in [0.05, 0.1) is 45.5 Å². The third kappa shape index (κ3) is 14.7. The van der Waals surface area contributed by atoms with Gasteiger partial charge in [0.2, 0.25) is 0 Å². The van der Waals surface area contributed by atoms with Gasteiger partial charge in [-0.05, 0) is 154 Å². The molecule has 6 aromatic carbocycles. The number of nitrogens with one attached hydrogen (secondary N) is 1. The normalized spacial score (nSPS) is 18.0. The molecule has 1 atom stereocenters. The van der Waals surface area contributed by atoms with Crippen molar-refractivity contribution in [2.24, 2.45) is 4.99 Å². The van der Waals surface area contributed by atoms with E-state index in [1.54, 1.807) is 24.3 Å². The van der Waals surface area contributed by atoms with Crippen molar-refractivity contribution >= 4 is 39.9 Å². The monoisotopic (exact) mass is 1110 g/mol. The Hall–Kier alpha value is -7.27. The molecule has 5 aliphatic heterocycles. The van der Waals surface area contributed by atoms with Crippen LogP contribution in [-0.2, 0) is 13.1 Å². The van der Waals surface area contributed by atoms with Crippen LogP contribution in [0.2, 0.25) is 0 Å². The minimum atomic E-state index is -0.298. The number of hydrogen-bond acceptors (Lipinski definition) is 11. The van der Waals surface area contributed by atoms with E-state index in [9.17, 15) is 18.4 Å². The molecule has 7 aromatic rings. The number of rotatable bonds is 10. The Morgan fingerprint density at radius 3 is 1.55 bits per heavy atom. The van der Waals surface area contributed by atoms with Crippen molar-refractivity contribution in [3.63, 3.8) is 0 Å².